The van der Waals surface area contributed by atoms with Crippen LogP contribution < -0.4 is 21.3 Å². The second-order valence-corrected chi connectivity index (χ2v) is 40.6. The third kappa shape index (κ3) is 21.5. The van der Waals surface area contributed by atoms with Gasteiger partial charge in [-0.2, -0.15) is 0 Å². The lowest BCUT2D eigenvalue weighted by Gasteiger charge is -2.24. The summed E-state index contributed by atoms with van der Waals surface area (Å²) in [5.74, 6) is 3.48. The van der Waals surface area contributed by atoms with Gasteiger partial charge in [-0.05, 0) is 416 Å². The molecule has 8 heteroatoms. The van der Waals surface area contributed by atoms with Gasteiger partial charge in [0, 0.05) is 79.0 Å². The number of fused-ring (bicyclic) bond motifs is 4. The molecule has 2 aromatic heterocycles. The molecule has 0 spiro atoms. The van der Waals surface area contributed by atoms with Crippen LogP contribution in [0.4, 0.5) is 5.95 Å². The number of aromatic nitrogens is 3. The summed E-state index contributed by atoms with van der Waals surface area (Å²) in [6.45, 7) is 42.3. The second kappa shape index (κ2) is 41.8. The standard InChI is InChI=1S/C33H35NO.C33H37N.C31H34N2.C30H33N3/c1-20-9-6-7-10-28(20)25-13-14-29(23(4)17-25)33(35)34-32-12-8-11-30(32)31-19-27-16-22(3)21(2)15-26(27)18-24(31)5;1-21-9-6-7-10-30(21)26-13-14-27(24(4)17-26)20-34-33-12-8-11-31(33)32-19-29-16-23(3)22(2)15-28(29)18-25(32)5;1-20-8-5-6-9-28(20)24-12-13-27(32-18-24)19-33-31-11-7-10-29(31)30-17-26-15-22(3)21(2)14-25(26)16-23(30)4;1-19-8-5-6-10-27(19)26-17-32-30(33-18-26)31-16-23-9-7-11-28(23)29-15-25-13-21(3)20(2)12-24(25)14-22(29)4/h6-7,9-10,13-19,30,32H,8,11-12H2,1-5H3,(H,34,35);6-7,9-10,13-19,31,33-34H,8,11-12,20H2,1-5H3;5-6,8-9,12-18,29,31,33H,7,10-11,19H2,1-4H3;5-6,8,10,12-15,17-18,23,28H,7,9,11,16H2,1-4H3,(H,31,32,33). The van der Waals surface area contributed by atoms with Crippen LogP contribution in [0.15, 0.2) is 261 Å². The van der Waals surface area contributed by atoms with Gasteiger partial charge in [0.05, 0.1) is 5.69 Å². The van der Waals surface area contributed by atoms with Gasteiger partial charge in [-0.1, -0.05) is 256 Å². The number of hydrogen-bond donors (Lipinski definition) is 4. The number of nitrogens with one attached hydrogen (secondary N) is 4. The van der Waals surface area contributed by atoms with Crippen molar-refractivity contribution < 1.29 is 4.79 Å². The summed E-state index contributed by atoms with van der Waals surface area (Å²) in [4.78, 5) is 27.4. The number of pyridine rings is 1. The fourth-order valence-electron chi connectivity index (χ4n) is 22.7. The van der Waals surface area contributed by atoms with E-state index >= 15 is 0 Å². The zero-order valence-electron chi connectivity index (χ0n) is 83.3. The molecule has 4 fully saturated rings. The van der Waals surface area contributed by atoms with Gasteiger partial charge in [-0.15, -0.1) is 0 Å². The van der Waals surface area contributed by atoms with Gasteiger partial charge in [0.2, 0.25) is 5.95 Å². The molecule has 14 aromatic carbocycles. The van der Waals surface area contributed by atoms with Gasteiger partial charge in [0.15, 0.2) is 0 Å². The molecular formula is C127H139N7O. The first-order valence-corrected chi connectivity index (χ1v) is 50.0. The number of anilines is 1. The van der Waals surface area contributed by atoms with Crippen LogP contribution >= 0.6 is 0 Å². The highest BCUT2D eigenvalue weighted by Crippen LogP contribution is 2.46. The maximum Gasteiger partial charge on any atom is 0.251 e. The van der Waals surface area contributed by atoms with E-state index in [1.807, 2.05) is 31.6 Å². The molecule has 20 rings (SSSR count). The van der Waals surface area contributed by atoms with E-state index in [0.29, 0.717) is 41.7 Å². The Morgan fingerprint density at radius 2 is 0.600 bits per heavy atom. The Labute approximate surface area is 804 Å². The maximum atomic E-state index is 13.4. The van der Waals surface area contributed by atoms with E-state index in [0.717, 1.165) is 72.8 Å². The Kier molecular flexibility index (Phi) is 29.2. The summed E-state index contributed by atoms with van der Waals surface area (Å²) >= 11 is 0. The van der Waals surface area contributed by atoms with Crippen LogP contribution in [0.2, 0.25) is 0 Å². The third-order valence-electron chi connectivity index (χ3n) is 31.2. The molecule has 2 heterocycles. The van der Waals surface area contributed by atoms with Crippen LogP contribution in [0.1, 0.15) is 245 Å². The number of aryl methyl sites for hydroxylation is 18. The quantitative estimate of drug-likeness (QED) is 0.0639. The Hall–Kier alpha value is -12.5. The monoisotopic (exact) mass is 1780 g/mol. The largest absolute Gasteiger partial charge is 0.354 e. The predicted molar refractivity (Wildman–Crippen MR) is 573 cm³/mol. The summed E-state index contributed by atoms with van der Waals surface area (Å²) < 4.78 is 0. The van der Waals surface area contributed by atoms with Crippen LogP contribution in [0.25, 0.3) is 87.6 Å². The minimum Gasteiger partial charge on any atom is -0.354 e. The highest BCUT2D eigenvalue weighted by molar-refractivity contribution is 5.97. The average molecular weight is 1780 g/mol. The number of hydrogen-bond acceptors (Lipinski definition) is 7. The first-order chi connectivity index (χ1) is 65.2. The number of nitrogens with zero attached hydrogens (tertiary/aromatic N) is 3. The summed E-state index contributed by atoms with van der Waals surface area (Å²) in [5.41, 5.74) is 43.0. The predicted octanol–water partition coefficient (Wildman–Crippen LogP) is 31.7. The summed E-state index contributed by atoms with van der Waals surface area (Å²) in [6, 6.07) is 90.6. The lowest BCUT2D eigenvalue weighted by atomic mass is 9.84. The third-order valence-corrected chi connectivity index (χ3v) is 31.2. The summed E-state index contributed by atoms with van der Waals surface area (Å²) in [6.07, 6.45) is 20.6. The minimum absolute atomic E-state index is 0.0423. The van der Waals surface area contributed by atoms with E-state index in [1.165, 1.54) is 257 Å². The molecule has 135 heavy (non-hydrogen) atoms. The Morgan fingerprint density at radius 3 is 1.00 bits per heavy atom. The molecular weight excluding hydrogens is 1640 g/mol. The van der Waals surface area contributed by atoms with E-state index in [2.05, 4.69) is 386 Å². The SMILES string of the molecule is Cc1cc2cc(C)c(C3CCCC3CNc3ncc(-c4ccccc4C)cn3)cc2cc1C.Cc1cc2cc(C)c(C3CCCC3NC(=O)c3ccc(-c4ccccc4C)cc3C)cc2cc1C.Cc1cc2cc(C)c(C3CCCC3NCc3ccc(-c4ccccc4C)cc3C)cc2cc1C.Cc1cc2cc(C)c(C3CCCC3NCc3ccc(-c4ccccc4C)cn3)cc2cc1C. The minimum atomic E-state index is 0.0423. The van der Waals surface area contributed by atoms with Crippen molar-refractivity contribution in [1.82, 2.24) is 30.9 Å². The van der Waals surface area contributed by atoms with Crippen molar-refractivity contribution in [2.24, 2.45) is 5.92 Å². The van der Waals surface area contributed by atoms with Gasteiger partial charge in [0.1, 0.15) is 0 Å². The Morgan fingerprint density at radius 1 is 0.274 bits per heavy atom. The first-order valence-electron chi connectivity index (χ1n) is 50.0. The number of carbonyl (C=O) groups excluding carboxylic acids is 1. The molecule has 0 aliphatic heterocycles. The van der Waals surface area contributed by atoms with E-state index in [9.17, 15) is 4.79 Å². The zero-order chi connectivity index (χ0) is 94.4. The van der Waals surface area contributed by atoms with Gasteiger partial charge < -0.3 is 21.3 Å². The smallest absolute Gasteiger partial charge is 0.251 e. The average Bonchev–Trinajstić information content (AvgIpc) is 1.76. The molecule has 8 unspecified atom stereocenters. The normalized spacial score (nSPS) is 18.0. The van der Waals surface area contributed by atoms with E-state index in [-0.39, 0.29) is 11.9 Å². The van der Waals surface area contributed by atoms with Crippen molar-refractivity contribution >= 4 is 54.9 Å². The fourth-order valence-corrected chi connectivity index (χ4v) is 22.7. The molecule has 0 bridgehead atoms. The Balaban J connectivity index is 0.000000125. The number of carbonyl (C=O) groups is 1. The molecule has 16 aromatic rings. The summed E-state index contributed by atoms with van der Waals surface area (Å²) in [7, 11) is 0. The molecule has 0 saturated heterocycles. The molecule has 8 atom stereocenters. The molecule has 688 valence electrons. The summed E-state index contributed by atoms with van der Waals surface area (Å²) in [5, 5.41) is 25.6. The highest BCUT2D eigenvalue weighted by Gasteiger charge is 2.35. The molecule has 4 aliphatic carbocycles. The van der Waals surface area contributed by atoms with Crippen molar-refractivity contribution in [3.63, 3.8) is 0 Å². The van der Waals surface area contributed by atoms with Gasteiger partial charge in [-0.3, -0.25) is 9.78 Å². The van der Waals surface area contributed by atoms with Gasteiger partial charge in [-0.25, -0.2) is 9.97 Å². The van der Waals surface area contributed by atoms with E-state index in [4.69, 9.17) is 4.98 Å². The topological polar surface area (TPSA) is 104 Å². The number of amides is 1. The molecule has 4 aliphatic rings. The highest BCUT2D eigenvalue weighted by atomic mass is 16.1. The first kappa shape index (κ1) is 94.3. The van der Waals surface area contributed by atoms with Crippen LogP contribution in [0.3, 0.4) is 0 Å². The lowest BCUT2D eigenvalue weighted by Crippen LogP contribution is -2.37. The van der Waals surface area contributed by atoms with Crippen molar-refractivity contribution in [3.8, 4) is 44.5 Å². The van der Waals surface area contributed by atoms with E-state index in [1.54, 1.807) is 0 Å². The molecule has 0 radical (unpaired) electrons. The van der Waals surface area contributed by atoms with E-state index < -0.39 is 0 Å². The number of benzene rings is 14. The van der Waals surface area contributed by atoms with Crippen molar-refractivity contribution in [1.29, 1.82) is 0 Å². The molecule has 8 nitrogen and oxygen atoms in total. The molecule has 1 amide bonds. The second-order valence-electron chi connectivity index (χ2n) is 40.6. The molecule has 4 N–H and O–H groups in total. The zero-order valence-corrected chi connectivity index (χ0v) is 83.3. The fraction of sp³-hybridized carbons (Fsp3) is 0.323. The number of rotatable bonds is 19. The van der Waals surface area contributed by atoms with Gasteiger partial charge >= 0.3 is 0 Å². The van der Waals surface area contributed by atoms with Crippen molar-refractivity contribution in [2.75, 3.05) is 11.9 Å². The lowest BCUT2D eigenvalue weighted by molar-refractivity contribution is 0.0933. The van der Waals surface area contributed by atoms with Crippen LogP contribution in [-0.4, -0.2) is 45.5 Å². The molecule has 4 saturated carbocycles. The van der Waals surface area contributed by atoms with Crippen molar-refractivity contribution in [3.05, 3.63) is 400 Å². The van der Waals surface area contributed by atoms with Gasteiger partial charge in [0.25, 0.3) is 5.91 Å². The Bertz CT molecular complexity index is 6830. The van der Waals surface area contributed by atoms with Crippen LogP contribution in [0.5, 0.6) is 0 Å². The maximum absolute atomic E-state index is 13.4. The van der Waals surface area contributed by atoms with Crippen LogP contribution in [0, 0.1) is 131 Å². The van der Waals surface area contributed by atoms with Crippen LogP contribution in [-0.2, 0) is 13.1 Å². The van der Waals surface area contributed by atoms with Crippen molar-refractivity contribution in [2.45, 2.75) is 257 Å².